The Labute approximate surface area is 223 Å². The van der Waals surface area contributed by atoms with E-state index in [4.69, 9.17) is 4.74 Å². The van der Waals surface area contributed by atoms with Gasteiger partial charge in [-0.1, -0.05) is 54.2 Å². The van der Waals surface area contributed by atoms with Crippen molar-refractivity contribution in [3.05, 3.63) is 111 Å². The zero-order valence-electron chi connectivity index (χ0n) is 20.5. The molecule has 0 radical (unpaired) electrons. The monoisotopic (exact) mass is 528 g/mol. The number of hydrogen-bond donors (Lipinski definition) is 1. The van der Waals surface area contributed by atoms with Crippen molar-refractivity contribution >= 4 is 35.0 Å². The van der Waals surface area contributed by atoms with Crippen LogP contribution in [0, 0.1) is 21.4 Å². The summed E-state index contributed by atoms with van der Waals surface area (Å²) in [4.78, 5) is 38.5. The van der Waals surface area contributed by atoms with Crippen molar-refractivity contribution < 1.29 is 19.2 Å². The Morgan fingerprint density at radius 3 is 2.34 bits per heavy atom. The summed E-state index contributed by atoms with van der Waals surface area (Å²) in [5.41, 5.74) is 2.09. The highest BCUT2D eigenvalue weighted by atomic mass is 32.2. The highest BCUT2D eigenvalue weighted by Crippen LogP contribution is 2.41. The van der Waals surface area contributed by atoms with E-state index < -0.39 is 16.1 Å². The van der Waals surface area contributed by atoms with E-state index in [9.17, 15) is 25.0 Å². The molecule has 1 aliphatic rings. The Morgan fingerprint density at radius 2 is 1.74 bits per heavy atom. The van der Waals surface area contributed by atoms with E-state index in [-0.39, 0.29) is 28.6 Å². The molecule has 4 rings (SSSR count). The minimum Gasteiger partial charge on any atom is -0.497 e. The van der Waals surface area contributed by atoms with Gasteiger partial charge in [-0.25, -0.2) is 0 Å². The van der Waals surface area contributed by atoms with Crippen LogP contribution in [0.5, 0.6) is 5.75 Å². The molecule has 0 aliphatic carbocycles. The summed E-state index contributed by atoms with van der Waals surface area (Å²) in [6.45, 7) is 0.305. The lowest BCUT2D eigenvalue weighted by Crippen LogP contribution is -2.32. The summed E-state index contributed by atoms with van der Waals surface area (Å²) in [6, 6.07) is 24.3. The summed E-state index contributed by atoms with van der Waals surface area (Å²) in [6.07, 6.45) is 0.840. The highest BCUT2D eigenvalue weighted by Gasteiger charge is 2.40. The van der Waals surface area contributed by atoms with E-state index in [0.29, 0.717) is 18.7 Å². The molecule has 1 N–H and O–H groups in total. The number of nitrogens with zero attached hydrogens (tertiary/aromatic N) is 3. The summed E-state index contributed by atoms with van der Waals surface area (Å²) in [5.74, 6) is -0.0944. The number of anilines is 1. The normalized spacial score (nSPS) is 16.1. The smallest absolute Gasteiger partial charge is 0.269 e. The predicted molar refractivity (Wildman–Crippen MR) is 144 cm³/mol. The Balaban J connectivity index is 1.55. The van der Waals surface area contributed by atoms with Crippen LogP contribution < -0.4 is 15.0 Å². The van der Waals surface area contributed by atoms with Crippen molar-refractivity contribution in [2.45, 2.75) is 18.1 Å². The van der Waals surface area contributed by atoms with Crippen LogP contribution in [0.3, 0.4) is 0 Å². The first kappa shape index (κ1) is 26.4. The summed E-state index contributed by atoms with van der Waals surface area (Å²) >= 11 is 1.15. The van der Waals surface area contributed by atoms with Crippen molar-refractivity contribution in [3.8, 4) is 11.8 Å². The molecule has 1 heterocycles. The SMILES string of the molecule is COc1ccc(CCNC(=O)/C(C#N)=C2/SC(Cc3ccc([N+](=O)[O-])cc3)C(=O)N2c2ccccc2)cc1. The van der Waals surface area contributed by atoms with Gasteiger partial charge in [0.05, 0.1) is 17.3 Å². The van der Waals surface area contributed by atoms with Gasteiger partial charge in [0, 0.05) is 24.4 Å². The largest absolute Gasteiger partial charge is 0.497 e. The molecule has 0 aromatic heterocycles. The van der Waals surface area contributed by atoms with Crippen LogP contribution in [0.1, 0.15) is 11.1 Å². The Morgan fingerprint density at radius 1 is 1.08 bits per heavy atom. The molecule has 10 heteroatoms. The number of amides is 2. The topological polar surface area (TPSA) is 126 Å². The Kier molecular flexibility index (Phi) is 8.40. The summed E-state index contributed by atoms with van der Waals surface area (Å²) in [7, 11) is 1.59. The van der Waals surface area contributed by atoms with E-state index >= 15 is 0 Å². The predicted octanol–water partition coefficient (Wildman–Crippen LogP) is 4.39. The van der Waals surface area contributed by atoms with Gasteiger partial charge in [0.1, 0.15) is 22.4 Å². The van der Waals surface area contributed by atoms with Gasteiger partial charge in [0.2, 0.25) is 5.91 Å². The first-order chi connectivity index (χ1) is 18.4. The fourth-order valence-electron chi connectivity index (χ4n) is 3.97. The molecule has 1 atom stereocenters. The second-order valence-electron chi connectivity index (χ2n) is 8.39. The van der Waals surface area contributed by atoms with Crippen LogP contribution in [0.25, 0.3) is 0 Å². The average Bonchev–Trinajstić information content (AvgIpc) is 3.25. The van der Waals surface area contributed by atoms with E-state index in [1.807, 2.05) is 36.4 Å². The zero-order chi connectivity index (χ0) is 27.1. The number of nitro groups is 1. The van der Waals surface area contributed by atoms with Gasteiger partial charge in [-0.05, 0) is 48.2 Å². The molecule has 0 bridgehead atoms. The molecular formula is C28H24N4O5S. The average molecular weight is 529 g/mol. The lowest BCUT2D eigenvalue weighted by atomic mass is 10.1. The van der Waals surface area contributed by atoms with Gasteiger partial charge < -0.3 is 10.1 Å². The molecule has 3 aromatic rings. The van der Waals surface area contributed by atoms with Crippen molar-refractivity contribution in [1.29, 1.82) is 5.26 Å². The van der Waals surface area contributed by atoms with Crippen LogP contribution in [-0.4, -0.2) is 35.6 Å². The number of nitriles is 1. The maximum atomic E-state index is 13.5. The van der Waals surface area contributed by atoms with Crippen molar-refractivity contribution in [3.63, 3.8) is 0 Å². The number of para-hydroxylation sites is 1. The summed E-state index contributed by atoms with van der Waals surface area (Å²) < 4.78 is 5.16. The van der Waals surface area contributed by atoms with E-state index in [2.05, 4.69) is 5.32 Å². The summed E-state index contributed by atoms with van der Waals surface area (Å²) in [5, 5.41) is 23.4. The van der Waals surface area contributed by atoms with Crippen molar-refractivity contribution in [2.24, 2.45) is 0 Å². The van der Waals surface area contributed by atoms with E-state index in [1.165, 1.54) is 17.0 Å². The minimum absolute atomic E-state index is 0.0382. The molecule has 1 aliphatic heterocycles. The number of benzene rings is 3. The number of ether oxygens (including phenoxy) is 1. The number of non-ortho nitro benzene ring substituents is 1. The molecule has 9 nitrogen and oxygen atoms in total. The molecule has 1 unspecified atom stereocenters. The minimum atomic E-state index is -0.609. The number of thioether (sulfide) groups is 1. The molecular weight excluding hydrogens is 504 g/mol. The fraction of sp³-hybridized carbons (Fsp3) is 0.179. The second kappa shape index (κ2) is 12.1. The van der Waals surface area contributed by atoms with E-state index in [0.717, 1.165) is 28.6 Å². The van der Waals surface area contributed by atoms with Gasteiger partial charge in [-0.3, -0.25) is 24.6 Å². The molecule has 192 valence electrons. The highest BCUT2D eigenvalue weighted by molar-refractivity contribution is 8.05. The lowest BCUT2D eigenvalue weighted by Gasteiger charge is -2.18. The number of carbonyl (C=O) groups is 2. The van der Waals surface area contributed by atoms with Gasteiger partial charge in [0.15, 0.2) is 0 Å². The third-order valence-corrected chi connectivity index (χ3v) is 7.21. The molecule has 0 saturated carbocycles. The third kappa shape index (κ3) is 6.02. The number of hydrogen-bond acceptors (Lipinski definition) is 7. The fourth-order valence-corrected chi connectivity index (χ4v) is 5.28. The number of methoxy groups -OCH3 is 1. The van der Waals surface area contributed by atoms with Crippen LogP contribution >= 0.6 is 11.8 Å². The zero-order valence-corrected chi connectivity index (χ0v) is 21.3. The molecule has 1 fully saturated rings. The number of carbonyl (C=O) groups excluding carboxylic acids is 2. The number of nitrogens with one attached hydrogen (secondary N) is 1. The van der Waals surface area contributed by atoms with Gasteiger partial charge in [-0.15, -0.1) is 0 Å². The lowest BCUT2D eigenvalue weighted by molar-refractivity contribution is -0.384. The van der Waals surface area contributed by atoms with Gasteiger partial charge in [-0.2, -0.15) is 5.26 Å². The van der Waals surface area contributed by atoms with Crippen LogP contribution in [0.15, 0.2) is 89.5 Å². The van der Waals surface area contributed by atoms with Crippen molar-refractivity contribution in [1.82, 2.24) is 5.32 Å². The second-order valence-corrected chi connectivity index (χ2v) is 9.58. The van der Waals surface area contributed by atoms with Crippen LogP contribution in [0.2, 0.25) is 0 Å². The standard InChI is InChI=1S/C28H24N4O5S/c1-37-23-13-9-19(10-14-23)15-16-30-26(33)24(18-29)28-31(21-5-3-2-4-6-21)27(34)25(38-28)17-20-7-11-22(12-8-20)32(35)36/h2-14,25H,15-17H2,1H3,(H,30,33)/b28-24+. The van der Waals surface area contributed by atoms with Gasteiger partial charge in [0.25, 0.3) is 11.6 Å². The molecule has 1 saturated heterocycles. The third-order valence-electron chi connectivity index (χ3n) is 5.95. The molecule has 38 heavy (non-hydrogen) atoms. The van der Waals surface area contributed by atoms with Crippen LogP contribution in [-0.2, 0) is 22.4 Å². The number of rotatable bonds is 9. The number of nitro benzene ring substituents is 1. The van der Waals surface area contributed by atoms with E-state index in [1.54, 1.807) is 43.5 Å². The van der Waals surface area contributed by atoms with Gasteiger partial charge >= 0.3 is 0 Å². The molecule has 2 amide bonds. The first-order valence-electron chi connectivity index (χ1n) is 11.8. The molecule has 3 aromatic carbocycles. The Bertz CT molecular complexity index is 1400. The maximum absolute atomic E-state index is 13.5. The first-order valence-corrected chi connectivity index (χ1v) is 12.6. The molecule has 0 spiro atoms. The quantitative estimate of drug-likeness (QED) is 0.189. The maximum Gasteiger partial charge on any atom is 0.269 e. The van der Waals surface area contributed by atoms with Crippen LogP contribution in [0.4, 0.5) is 11.4 Å². The Hall–Kier alpha value is -4.62. The van der Waals surface area contributed by atoms with Crippen molar-refractivity contribution in [2.75, 3.05) is 18.6 Å².